The van der Waals surface area contributed by atoms with Crippen molar-refractivity contribution in [2.75, 3.05) is 0 Å². The number of imide groups is 1. The zero-order valence-electron chi connectivity index (χ0n) is 17.8. The van der Waals surface area contributed by atoms with Crippen LogP contribution in [-0.2, 0) is 20.9 Å². The fourth-order valence-corrected chi connectivity index (χ4v) is 5.57. The van der Waals surface area contributed by atoms with Gasteiger partial charge in [-0.3, -0.25) is 24.1 Å². The van der Waals surface area contributed by atoms with Crippen molar-refractivity contribution in [2.24, 2.45) is 11.8 Å². The molecule has 0 radical (unpaired) electrons. The minimum Gasteiger partial charge on any atom is -0.349 e. The smallest absolute Gasteiger partial charge is 0.237 e. The standard InChI is InChI=1S/C27H18ClNO5/c28-17-12-10-15(11-13-17)14-29-25(32)20-21(26(29)33)27(34-22(20)16-6-2-1-3-7-16)23(30)18-8-4-5-9-19(18)24(27)31/h1-13,20-22H,14H2/t20-,21-,22+/m0/s1. The van der Waals surface area contributed by atoms with Crippen molar-refractivity contribution >= 4 is 35.0 Å². The van der Waals surface area contributed by atoms with Crippen LogP contribution in [-0.4, -0.2) is 33.9 Å². The molecule has 2 aliphatic heterocycles. The second kappa shape index (κ2) is 7.45. The van der Waals surface area contributed by atoms with Crippen LogP contribution in [0.3, 0.4) is 0 Å². The molecule has 1 aliphatic carbocycles. The predicted octanol–water partition coefficient (Wildman–Crippen LogP) is 4.03. The molecule has 3 aliphatic rings. The Morgan fingerprint density at radius 1 is 0.765 bits per heavy atom. The van der Waals surface area contributed by atoms with Gasteiger partial charge in [0.2, 0.25) is 29.0 Å². The Balaban J connectivity index is 1.48. The van der Waals surface area contributed by atoms with E-state index in [0.717, 1.165) is 4.90 Å². The monoisotopic (exact) mass is 471 g/mol. The van der Waals surface area contributed by atoms with Crippen LogP contribution < -0.4 is 0 Å². The highest BCUT2D eigenvalue weighted by atomic mass is 35.5. The molecule has 2 fully saturated rings. The first-order chi connectivity index (χ1) is 16.4. The topological polar surface area (TPSA) is 80.8 Å². The first-order valence-corrected chi connectivity index (χ1v) is 11.3. The van der Waals surface area contributed by atoms with Gasteiger partial charge in [-0.2, -0.15) is 0 Å². The molecule has 0 N–H and O–H groups in total. The fourth-order valence-electron chi connectivity index (χ4n) is 5.45. The van der Waals surface area contributed by atoms with Crippen LogP contribution in [0.4, 0.5) is 0 Å². The molecule has 2 heterocycles. The van der Waals surface area contributed by atoms with E-state index in [0.29, 0.717) is 16.1 Å². The third-order valence-corrected chi connectivity index (χ3v) is 7.24. The molecule has 0 saturated carbocycles. The minimum atomic E-state index is -2.05. The third kappa shape index (κ3) is 2.73. The number of amides is 2. The van der Waals surface area contributed by atoms with Crippen molar-refractivity contribution in [3.63, 3.8) is 0 Å². The normalized spacial score (nSPS) is 24.7. The lowest BCUT2D eigenvalue weighted by Crippen LogP contribution is -2.50. The highest BCUT2D eigenvalue weighted by Gasteiger charge is 2.74. The third-order valence-electron chi connectivity index (χ3n) is 6.99. The number of hydrogen-bond acceptors (Lipinski definition) is 5. The van der Waals surface area contributed by atoms with Crippen LogP contribution in [0.2, 0.25) is 5.02 Å². The van der Waals surface area contributed by atoms with Gasteiger partial charge < -0.3 is 4.74 Å². The lowest BCUT2D eigenvalue weighted by atomic mass is 9.77. The van der Waals surface area contributed by atoms with Crippen LogP contribution in [0.1, 0.15) is 37.9 Å². The summed E-state index contributed by atoms with van der Waals surface area (Å²) >= 11 is 5.97. The highest BCUT2D eigenvalue weighted by molar-refractivity contribution is 6.35. The van der Waals surface area contributed by atoms with Crippen molar-refractivity contribution in [1.82, 2.24) is 4.90 Å². The van der Waals surface area contributed by atoms with E-state index < -0.39 is 46.9 Å². The van der Waals surface area contributed by atoms with Crippen LogP contribution in [0.15, 0.2) is 78.9 Å². The second-order valence-electron chi connectivity index (χ2n) is 8.78. The zero-order valence-corrected chi connectivity index (χ0v) is 18.6. The molecule has 7 heteroatoms. The van der Waals surface area contributed by atoms with Gasteiger partial charge in [0.1, 0.15) is 0 Å². The summed E-state index contributed by atoms with van der Waals surface area (Å²) in [7, 11) is 0. The number of carbonyl (C=O) groups excluding carboxylic acids is 4. The van der Waals surface area contributed by atoms with Gasteiger partial charge in [0.05, 0.1) is 24.5 Å². The number of fused-ring (bicyclic) bond motifs is 3. The van der Waals surface area contributed by atoms with Crippen LogP contribution in [0, 0.1) is 11.8 Å². The summed E-state index contributed by atoms with van der Waals surface area (Å²) in [6.07, 6.45) is -0.903. The van der Waals surface area contributed by atoms with Gasteiger partial charge in [-0.05, 0) is 23.3 Å². The summed E-state index contributed by atoms with van der Waals surface area (Å²) in [6.45, 7) is 0.0226. The largest absolute Gasteiger partial charge is 0.349 e. The van der Waals surface area contributed by atoms with Crippen molar-refractivity contribution in [2.45, 2.75) is 18.2 Å². The van der Waals surface area contributed by atoms with Gasteiger partial charge in [-0.25, -0.2) is 0 Å². The molecular weight excluding hydrogens is 454 g/mol. The van der Waals surface area contributed by atoms with Crippen LogP contribution in [0.25, 0.3) is 0 Å². The zero-order chi connectivity index (χ0) is 23.6. The maximum atomic E-state index is 13.7. The number of Topliss-reactive ketones (excluding diaryl/α,β-unsaturated/α-hetero) is 2. The molecule has 34 heavy (non-hydrogen) atoms. The maximum Gasteiger partial charge on any atom is 0.237 e. The molecule has 168 valence electrons. The number of benzene rings is 3. The average molecular weight is 472 g/mol. The van der Waals surface area contributed by atoms with Crippen molar-refractivity contribution < 1.29 is 23.9 Å². The summed E-state index contributed by atoms with van der Waals surface area (Å²) < 4.78 is 6.24. The highest BCUT2D eigenvalue weighted by Crippen LogP contribution is 2.57. The molecule has 6 rings (SSSR count). The van der Waals surface area contributed by atoms with Gasteiger partial charge in [-0.15, -0.1) is 0 Å². The van der Waals surface area contributed by atoms with Crippen molar-refractivity contribution in [3.8, 4) is 0 Å². The molecule has 1 spiro atoms. The summed E-state index contributed by atoms with van der Waals surface area (Å²) in [5.74, 6) is -4.36. The number of likely N-dealkylation sites (tertiary alicyclic amines) is 1. The lowest BCUT2D eigenvalue weighted by Gasteiger charge is -2.27. The molecule has 3 aromatic rings. The Morgan fingerprint density at radius 2 is 1.35 bits per heavy atom. The Kier molecular flexibility index (Phi) is 4.59. The van der Waals surface area contributed by atoms with Gasteiger partial charge in [-0.1, -0.05) is 78.3 Å². The number of carbonyl (C=O) groups is 4. The Labute approximate surface area is 200 Å². The second-order valence-corrected chi connectivity index (χ2v) is 9.22. The number of nitrogens with zero attached hydrogens (tertiary/aromatic N) is 1. The van der Waals surface area contributed by atoms with E-state index in [1.165, 1.54) is 0 Å². The number of ketones is 2. The number of hydrogen-bond donors (Lipinski definition) is 0. The summed E-state index contributed by atoms with van der Waals surface area (Å²) in [4.78, 5) is 55.9. The van der Waals surface area contributed by atoms with Gasteiger partial charge >= 0.3 is 0 Å². The molecule has 3 aromatic carbocycles. The molecule has 2 amide bonds. The fraction of sp³-hybridized carbons (Fsp3) is 0.185. The van der Waals surface area contributed by atoms with Gasteiger partial charge in [0, 0.05) is 16.1 Å². The molecule has 6 nitrogen and oxygen atoms in total. The molecular formula is C27H18ClNO5. The minimum absolute atomic E-state index is 0.0226. The Bertz CT molecular complexity index is 1330. The average Bonchev–Trinajstić information content (AvgIpc) is 3.42. The van der Waals surface area contributed by atoms with E-state index in [9.17, 15) is 19.2 Å². The first kappa shape index (κ1) is 21.0. The molecule has 0 aromatic heterocycles. The summed E-state index contributed by atoms with van der Waals surface area (Å²) in [5.41, 5.74) is -0.256. The van der Waals surface area contributed by atoms with E-state index in [2.05, 4.69) is 0 Å². The van der Waals surface area contributed by atoms with Gasteiger partial charge in [0.15, 0.2) is 0 Å². The van der Waals surface area contributed by atoms with Crippen LogP contribution >= 0.6 is 11.6 Å². The van der Waals surface area contributed by atoms with E-state index in [4.69, 9.17) is 16.3 Å². The maximum absolute atomic E-state index is 13.7. The van der Waals surface area contributed by atoms with Crippen molar-refractivity contribution in [3.05, 3.63) is 106 Å². The summed E-state index contributed by atoms with van der Waals surface area (Å²) in [5, 5.41) is 0.538. The molecule has 3 atom stereocenters. The Morgan fingerprint density at radius 3 is 1.97 bits per heavy atom. The molecule has 0 bridgehead atoms. The number of rotatable bonds is 3. The predicted molar refractivity (Wildman–Crippen MR) is 122 cm³/mol. The van der Waals surface area contributed by atoms with E-state index in [-0.39, 0.29) is 17.7 Å². The van der Waals surface area contributed by atoms with E-state index in [1.54, 1.807) is 72.8 Å². The first-order valence-electron chi connectivity index (χ1n) is 10.9. The number of ether oxygens (including phenoxy) is 1. The van der Waals surface area contributed by atoms with Crippen LogP contribution in [0.5, 0.6) is 0 Å². The summed E-state index contributed by atoms with van der Waals surface area (Å²) in [6, 6.07) is 22.2. The SMILES string of the molecule is O=C1[C@@H]2[C@@H](c3ccccc3)OC3(C(=O)c4ccccc4C3=O)[C@@H]2C(=O)N1Cc1ccc(Cl)cc1. The van der Waals surface area contributed by atoms with Gasteiger partial charge in [0.25, 0.3) is 0 Å². The van der Waals surface area contributed by atoms with E-state index >= 15 is 0 Å². The Hall–Kier alpha value is -3.61. The van der Waals surface area contributed by atoms with E-state index in [1.807, 2.05) is 6.07 Å². The van der Waals surface area contributed by atoms with Crippen molar-refractivity contribution in [1.29, 1.82) is 0 Å². The lowest BCUT2D eigenvalue weighted by molar-refractivity contribution is -0.145. The number of halogens is 1. The molecule has 2 saturated heterocycles. The quantitative estimate of drug-likeness (QED) is 0.425. The molecule has 0 unspecified atom stereocenters.